The lowest BCUT2D eigenvalue weighted by atomic mass is 9.91. The number of ether oxygens (including phenoxy) is 2. The second-order valence-corrected chi connectivity index (χ2v) is 5.99. The summed E-state index contributed by atoms with van der Waals surface area (Å²) in [6, 6.07) is 8.10. The summed E-state index contributed by atoms with van der Waals surface area (Å²) in [5, 5.41) is 9.62. The van der Waals surface area contributed by atoms with E-state index in [9.17, 15) is 5.26 Å². The van der Waals surface area contributed by atoms with E-state index >= 15 is 0 Å². The summed E-state index contributed by atoms with van der Waals surface area (Å²) >= 11 is 0. The van der Waals surface area contributed by atoms with E-state index in [1.807, 2.05) is 18.2 Å². The van der Waals surface area contributed by atoms with Gasteiger partial charge in [0.2, 0.25) is 6.79 Å². The van der Waals surface area contributed by atoms with Gasteiger partial charge < -0.3 is 9.47 Å². The van der Waals surface area contributed by atoms with Crippen molar-refractivity contribution < 1.29 is 14.5 Å². The minimum absolute atomic E-state index is 0.243. The third kappa shape index (κ3) is 2.27. The van der Waals surface area contributed by atoms with Crippen LogP contribution in [-0.4, -0.2) is 6.79 Å². The standard InChI is InChI=1S/C18H17N3O2/c19-9-13-17(11-6-7-15-16(8-11)23-10-22-15)12-4-2-1-3-5-14(12)21-18(13)20/h6-8H,1-5,10H2,(H2,20,21)/p+1. The number of aromatic nitrogens is 1. The maximum absolute atomic E-state index is 9.62. The van der Waals surface area contributed by atoms with Gasteiger partial charge in [0.05, 0.1) is 0 Å². The van der Waals surface area contributed by atoms with Crippen molar-refractivity contribution in [2.24, 2.45) is 0 Å². The van der Waals surface area contributed by atoms with Crippen molar-refractivity contribution in [2.75, 3.05) is 12.5 Å². The fourth-order valence-corrected chi connectivity index (χ4v) is 3.49. The molecule has 0 spiro atoms. The molecule has 1 aliphatic carbocycles. The molecule has 5 heteroatoms. The zero-order valence-electron chi connectivity index (χ0n) is 12.8. The summed E-state index contributed by atoms with van der Waals surface area (Å²) in [5.41, 5.74) is 10.9. The molecular weight excluding hydrogens is 290 g/mol. The average molecular weight is 308 g/mol. The van der Waals surface area contributed by atoms with Crippen molar-refractivity contribution in [3.05, 3.63) is 35.0 Å². The van der Waals surface area contributed by atoms with Crippen LogP contribution in [0.25, 0.3) is 11.1 Å². The van der Waals surface area contributed by atoms with E-state index in [0.717, 1.165) is 54.0 Å². The van der Waals surface area contributed by atoms with Crippen LogP contribution in [0.1, 0.15) is 36.1 Å². The molecule has 2 aromatic rings. The monoisotopic (exact) mass is 308 g/mol. The van der Waals surface area contributed by atoms with Crippen LogP contribution in [0.3, 0.4) is 0 Å². The second kappa shape index (κ2) is 5.47. The molecule has 0 amide bonds. The maximum atomic E-state index is 9.62. The molecule has 2 aliphatic rings. The number of anilines is 1. The first-order valence-electron chi connectivity index (χ1n) is 7.94. The van der Waals surface area contributed by atoms with E-state index < -0.39 is 0 Å². The summed E-state index contributed by atoms with van der Waals surface area (Å²) in [6.07, 6.45) is 5.42. The van der Waals surface area contributed by atoms with Crippen LogP contribution < -0.4 is 20.2 Å². The summed E-state index contributed by atoms with van der Waals surface area (Å²) < 4.78 is 10.9. The van der Waals surface area contributed by atoms with Crippen molar-refractivity contribution >= 4 is 5.82 Å². The number of nitriles is 1. The van der Waals surface area contributed by atoms with Crippen LogP contribution in [0.2, 0.25) is 0 Å². The van der Waals surface area contributed by atoms with Crippen LogP contribution >= 0.6 is 0 Å². The molecule has 0 fully saturated rings. The number of aromatic amines is 1. The predicted molar refractivity (Wildman–Crippen MR) is 84.9 cm³/mol. The number of hydrogen-bond acceptors (Lipinski definition) is 4. The van der Waals surface area contributed by atoms with Crippen LogP contribution in [0.5, 0.6) is 11.5 Å². The molecular formula is C18H18N3O2+. The number of hydrogen-bond donors (Lipinski definition) is 1. The molecule has 1 aromatic heterocycles. The fourth-order valence-electron chi connectivity index (χ4n) is 3.49. The van der Waals surface area contributed by atoms with Gasteiger partial charge >= 0.3 is 0 Å². The largest absolute Gasteiger partial charge is 0.454 e. The molecule has 23 heavy (non-hydrogen) atoms. The van der Waals surface area contributed by atoms with Crippen molar-refractivity contribution in [3.63, 3.8) is 0 Å². The van der Waals surface area contributed by atoms with E-state index in [1.54, 1.807) is 0 Å². The van der Waals surface area contributed by atoms with Crippen LogP contribution in [-0.2, 0) is 12.8 Å². The molecule has 0 radical (unpaired) electrons. The Bertz CT molecular complexity index is 824. The van der Waals surface area contributed by atoms with Crippen molar-refractivity contribution in [3.8, 4) is 28.7 Å². The highest BCUT2D eigenvalue weighted by atomic mass is 16.7. The third-order valence-corrected chi connectivity index (χ3v) is 4.60. The van der Waals surface area contributed by atoms with Crippen molar-refractivity contribution in [1.29, 1.82) is 5.26 Å². The normalized spacial score (nSPS) is 15.6. The minimum Gasteiger partial charge on any atom is -0.454 e. The first kappa shape index (κ1) is 13.9. The van der Waals surface area contributed by atoms with E-state index in [2.05, 4.69) is 11.1 Å². The number of nitrogens with zero attached hydrogens (tertiary/aromatic N) is 1. The highest BCUT2D eigenvalue weighted by molar-refractivity contribution is 5.79. The number of nitrogens with two attached hydrogens (primary N) is 1. The van der Waals surface area contributed by atoms with Gasteiger partial charge in [-0.1, -0.05) is 12.5 Å². The van der Waals surface area contributed by atoms with Crippen LogP contribution in [0, 0.1) is 11.3 Å². The number of benzene rings is 1. The molecule has 116 valence electrons. The Morgan fingerprint density at radius 3 is 2.78 bits per heavy atom. The topological polar surface area (TPSA) is 82.4 Å². The van der Waals surface area contributed by atoms with Gasteiger partial charge in [0.15, 0.2) is 11.5 Å². The molecule has 2 heterocycles. The van der Waals surface area contributed by atoms with E-state index in [1.165, 1.54) is 12.0 Å². The Kier molecular flexibility index (Phi) is 3.30. The number of nitrogens with one attached hydrogen (secondary N) is 1. The van der Waals surface area contributed by atoms with E-state index in [0.29, 0.717) is 11.4 Å². The minimum atomic E-state index is 0.243. The first-order valence-corrected chi connectivity index (χ1v) is 7.94. The number of pyridine rings is 1. The summed E-state index contributed by atoms with van der Waals surface area (Å²) in [5.74, 6) is 1.91. The summed E-state index contributed by atoms with van der Waals surface area (Å²) in [6.45, 7) is 0.243. The molecule has 0 bridgehead atoms. The zero-order chi connectivity index (χ0) is 15.8. The van der Waals surface area contributed by atoms with Gasteiger partial charge in [0.1, 0.15) is 17.3 Å². The third-order valence-electron chi connectivity index (χ3n) is 4.60. The number of aryl methyl sites for hydroxylation is 1. The Balaban J connectivity index is 1.96. The smallest absolute Gasteiger partial charge is 0.289 e. The first-order chi connectivity index (χ1) is 11.3. The molecule has 3 N–H and O–H groups in total. The van der Waals surface area contributed by atoms with E-state index in [-0.39, 0.29) is 6.79 Å². The molecule has 0 unspecified atom stereocenters. The lowest BCUT2D eigenvalue weighted by molar-refractivity contribution is -0.373. The predicted octanol–water partition coefficient (Wildman–Crippen LogP) is 2.62. The van der Waals surface area contributed by atoms with E-state index in [4.69, 9.17) is 15.2 Å². The van der Waals surface area contributed by atoms with Gasteiger partial charge in [0.25, 0.3) is 5.82 Å². The molecule has 0 atom stereocenters. The Hall–Kier alpha value is -2.74. The van der Waals surface area contributed by atoms with Gasteiger partial charge in [-0.2, -0.15) is 5.26 Å². The van der Waals surface area contributed by atoms with Crippen LogP contribution in [0.15, 0.2) is 18.2 Å². The molecule has 4 rings (SSSR count). The highest BCUT2D eigenvalue weighted by Gasteiger charge is 2.25. The van der Waals surface area contributed by atoms with Gasteiger partial charge in [0, 0.05) is 17.5 Å². The molecule has 1 aliphatic heterocycles. The van der Waals surface area contributed by atoms with Gasteiger partial charge in [-0.15, -0.1) is 0 Å². The summed E-state index contributed by atoms with van der Waals surface area (Å²) in [4.78, 5) is 3.25. The highest BCUT2D eigenvalue weighted by Crippen LogP contribution is 2.39. The Morgan fingerprint density at radius 2 is 1.91 bits per heavy atom. The number of rotatable bonds is 1. The lowest BCUT2D eigenvalue weighted by Crippen LogP contribution is -2.21. The number of H-pyrrole nitrogens is 1. The lowest BCUT2D eigenvalue weighted by Gasteiger charge is -2.13. The van der Waals surface area contributed by atoms with Crippen molar-refractivity contribution in [1.82, 2.24) is 0 Å². The van der Waals surface area contributed by atoms with Gasteiger partial charge in [-0.3, -0.25) is 5.73 Å². The summed E-state index contributed by atoms with van der Waals surface area (Å²) in [7, 11) is 0. The molecule has 1 aromatic carbocycles. The maximum Gasteiger partial charge on any atom is 0.289 e. The quantitative estimate of drug-likeness (QED) is 0.821. The Morgan fingerprint density at radius 1 is 1.09 bits per heavy atom. The second-order valence-electron chi connectivity index (χ2n) is 5.99. The van der Waals surface area contributed by atoms with Crippen molar-refractivity contribution in [2.45, 2.75) is 32.1 Å². The van der Waals surface area contributed by atoms with Gasteiger partial charge in [-0.25, -0.2) is 4.98 Å². The molecule has 0 saturated heterocycles. The zero-order valence-corrected chi connectivity index (χ0v) is 12.8. The Labute approximate surface area is 134 Å². The molecule has 5 nitrogen and oxygen atoms in total. The molecule has 0 saturated carbocycles. The number of fused-ring (bicyclic) bond motifs is 2. The fraction of sp³-hybridized carbons (Fsp3) is 0.333. The SMILES string of the molecule is N#Cc1c(N)[nH+]c2c(c1-c1ccc3c(c1)OCO3)CCCCC2. The van der Waals surface area contributed by atoms with Crippen LogP contribution in [0.4, 0.5) is 5.82 Å². The van der Waals surface area contributed by atoms with Gasteiger partial charge in [-0.05, 0) is 37.0 Å². The average Bonchev–Trinajstić information content (AvgIpc) is 2.91. The number of nitrogen functional groups attached to an aromatic ring is 1.